The minimum Gasteiger partial charge on any atom is -0.495 e. The van der Waals surface area contributed by atoms with Crippen LogP contribution in [0.3, 0.4) is 0 Å². The van der Waals surface area contributed by atoms with Crippen LogP contribution in [0.4, 0.5) is 11.4 Å². The molecule has 35 heavy (non-hydrogen) atoms. The topological polar surface area (TPSA) is 95.6 Å². The molecule has 1 aliphatic rings. The summed E-state index contributed by atoms with van der Waals surface area (Å²) in [5.41, 5.74) is 3.05. The molecule has 2 aromatic carbocycles. The lowest BCUT2D eigenvalue weighted by molar-refractivity contribution is -0.111. The SMILES string of the molecule is C=CC(=O)Nc1c(OC)ccc2ccc(-c3ccc(NC)c(C(=O)NC4CCN(C)CC4)n3)cc12. The minimum absolute atomic E-state index is 0.137. The van der Waals surface area contributed by atoms with Gasteiger partial charge in [0.2, 0.25) is 5.91 Å². The standard InChI is InChI=1S/C27H31N5O3/c1-5-24(33)31-25-20-16-18(7-6-17(20)8-11-23(25)35-4)21-9-10-22(28-2)26(30-21)27(34)29-19-12-14-32(3)15-13-19/h5-11,16,19,28H,1,12-15H2,2-4H3,(H,29,34)(H,31,33). The van der Waals surface area contributed by atoms with Crippen molar-refractivity contribution in [1.29, 1.82) is 0 Å². The summed E-state index contributed by atoms with van der Waals surface area (Å²) in [7, 11) is 5.43. The summed E-state index contributed by atoms with van der Waals surface area (Å²) >= 11 is 0. The molecule has 0 atom stereocenters. The number of pyridine rings is 1. The van der Waals surface area contributed by atoms with Crippen LogP contribution in [-0.4, -0.2) is 62.0 Å². The molecule has 1 aromatic heterocycles. The van der Waals surface area contributed by atoms with Crippen molar-refractivity contribution in [2.75, 3.05) is 44.9 Å². The van der Waals surface area contributed by atoms with Crippen molar-refractivity contribution < 1.29 is 14.3 Å². The molecule has 0 saturated carbocycles. The van der Waals surface area contributed by atoms with Crippen LogP contribution in [-0.2, 0) is 4.79 Å². The highest BCUT2D eigenvalue weighted by Crippen LogP contribution is 2.36. The van der Waals surface area contributed by atoms with Gasteiger partial charge in [-0.1, -0.05) is 24.8 Å². The normalized spacial score (nSPS) is 14.4. The second-order valence-electron chi connectivity index (χ2n) is 8.67. The van der Waals surface area contributed by atoms with Gasteiger partial charge in [-0.3, -0.25) is 9.59 Å². The molecule has 0 spiro atoms. The number of ether oxygens (including phenoxy) is 1. The van der Waals surface area contributed by atoms with Crippen LogP contribution in [0.25, 0.3) is 22.0 Å². The highest BCUT2D eigenvalue weighted by Gasteiger charge is 2.22. The smallest absolute Gasteiger partial charge is 0.272 e. The lowest BCUT2D eigenvalue weighted by atomic mass is 10.0. The summed E-state index contributed by atoms with van der Waals surface area (Å²) in [4.78, 5) is 32.2. The Labute approximate surface area is 205 Å². The Morgan fingerprint density at radius 3 is 2.57 bits per heavy atom. The van der Waals surface area contributed by atoms with Gasteiger partial charge in [-0.25, -0.2) is 4.98 Å². The first-order valence-electron chi connectivity index (χ1n) is 11.7. The number of piperidine rings is 1. The fourth-order valence-corrected chi connectivity index (χ4v) is 4.33. The summed E-state index contributed by atoms with van der Waals surface area (Å²) in [6.45, 7) is 5.46. The number of nitrogens with zero attached hydrogens (tertiary/aromatic N) is 2. The maximum atomic E-state index is 13.2. The molecule has 1 aliphatic heterocycles. The molecule has 0 unspecified atom stereocenters. The predicted octanol–water partition coefficient (Wildman–Crippen LogP) is 3.90. The first-order chi connectivity index (χ1) is 16.9. The second-order valence-corrected chi connectivity index (χ2v) is 8.67. The molecule has 1 fully saturated rings. The molecular weight excluding hydrogens is 442 g/mol. The lowest BCUT2D eigenvalue weighted by Crippen LogP contribution is -2.43. The maximum absolute atomic E-state index is 13.2. The van der Waals surface area contributed by atoms with E-state index in [9.17, 15) is 9.59 Å². The fourth-order valence-electron chi connectivity index (χ4n) is 4.33. The number of hydrogen-bond donors (Lipinski definition) is 3. The van der Waals surface area contributed by atoms with Crippen molar-refractivity contribution in [3.05, 3.63) is 60.8 Å². The van der Waals surface area contributed by atoms with Gasteiger partial charge in [0.25, 0.3) is 5.91 Å². The zero-order valence-electron chi connectivity index (χ0n) is 20.4. The highest BCUT2D eigenvalue weighted by atomic mass is 16.5. The first-order valence-corrected chi connectivity index (χ1v) is 11.7. The van der Waals surface area contributed by atoms with Crippen LogP contribution in [0.2, 0.25) is 0 Å². The molecule has 4 rings (SSSR count). The number of rotatable bonds is 7. The number of benzene rings is 2. The molecule has 3 aromatic rings. The molecule has 3 N–H and O–H groups in total. The summed E-state index contributed by atoms with van der Waals surface area (Å²) < 4.78 is 5.48. The van der Waals surface area contributed by atoms with Crippen LogP contribution in [0, 0.1) is 0 Å². The number of anilines is 2. The van der Waals surface area contributed by atoms with Crippen LogP contribution < -0.4 is 20.7 Å². The fraction of sp³-hybridized carbons (Fsp3) is 0.296. The van der Waals surface area contributed by atoms with E-state index in [2.05, 4.69) is 34.5 Å². The molecule has 0 radical (unpaired) electrons. The van der Waals surface area contributed by atoms with E-state index >= 15 is 0 Å². The van der Waals surface area contributed by atoms with Gasteiger partial charge in [-0.05, 0) is 68.7 Å². The zero-order valence-corrected chi connectivity index (χ0v) is 20.4. The van der Waals surface area contributed by atoms with Crippen molar-refractivity contribution in [2.24, 2.45) is 0 Å². The van der Waals surface area contributed by atoms with Crippen LogP contribution in [0.15, 0.2) is 55.1 Å². The highest BCUT2D eigenvalue weighted by molar-refractivity contribution is 6.08. The summed E-state index contributed by atoms with van der Waals surface area (Å²) in [6.07, 6.45) is 3.06. The molecular formula is C27H31N5O3. The van der Waals surface area contributed by atoms with Gasteiger partial charge in [0.1, 0.15) is 5.75 Å². The monoisotopic (exact) mass is 473 g/mol. The number of carbonyl (C=O) groups is 2. The molecule has 2 amide bonds. The largest absolute Gasteiger partial charge is 0.495 e. The van der Waals surface area contributed by atoms with Gasteiger partial charge in [-0.15, -0.1) is 0 Å². The molecule has 0 aliphatic carbocycles. The molecule has 8 heteroatoms. The van der Waals surface area contributed by atoms with E-state index in [1.807, 2.05) is 42.5 Å². The summed E-state index contributed by atoms with van der Waals surface area (Å²) in [5, 5.41) is 10.8. The van der Waals surface area contributed by atoms with Crippen molar-refractivity contribution in [2.45, 2.75) is 18.9 Å². The Morgan fingerprint density at radius 2 is 1.89 bits per heavy atom. The Bertz CT molecular complexity index is 1270. The van der Waals surface area contributed by atoms with Crippen molar-refractivity contribution in [3.63, 3.8) is 0 Å². The predicted molar refractivity (Wildman–Crippen MR) is 140 cm³/mol. The van der Waals surface area contributed by atoms with Gasteiger partial charge in [0.05, 0.1) is 24.2 Å². The lowest BCUT2D eigenvalue weighted by Gasteiger charge is -2.29. The third kappa shape index (κ3) is 5.27. The van der Waals surface area contributed by atoms with E-state index in [1.165, 1.54) is 6.08 Å². The average Bonchev–Trinajstić information content (AvgIpc) is 2.89. The van der Waals surface area contributed by atoms with Crippen LogP contribution in [0.5, 0.6) is 5.75 Å². The Balaban J connectivity index is 1.71. The van der Waals surface area contributed by atoms with Gasteiger partial charge < -0.3 is 25.6 Å². The number of methoxy groups -OCH3 is 1. The van der Waals surface area contributed by atoms with E-state index in [-0.39, 0.29) is 17.9 Å². The third-order valence-electron chi connectivity index (χ3n) is 6.37. The zero-order chi connectivity index (χ0) is 24.9. The third-order valence-corrected chi connectivity index (χ3v) is 6.37. The Kier molecular flexibility index (Phi) is 7.31. The van der Waals surface area contributed by atoms with E-state index in [0.717, 1.165) is 42.3 Å². The van der Waals surface area contributed by atoms with E-state index < -0.39 is 0 Å². The van der Waals surface area contributed by atoms with E-state index in [0.29, 0.717) is 28.5 Å². The van der Waals surface area contributed by atoms with Crippen molar-refractivity contribution in [1.82, 2.24) is 15.2 Å². The molecule has 1 saturated heterocycles. The Hall–Kier alpha value is -3.91. The minimum atomic E-state index is -0.328. The van der Waals surface area contributed by atoms with Crippen molar-refractivity contribution >= 4 is 34.0 Å². The van der Waals surface area contributed by atoms with E-state index in [4.69, 9.17) is 9.72 Å². The second kappa shape index (κ2) is 10.6. The number of carbonyl (C=O) groups excluding carboxylic acids is 2. The van der Waals surface area contributed by atoms with Gasteiger partial charge in [0.15, 0.2) is 5.69 Å². The summed E-state index contributed by atoms with van der Waals surface area (Å²) in [6, 6.07) is 13.5. The number of fused-ring (bicyclic) bond motifs is 1. The van der Waals surface area contributed by atoms with Crippen LogP contribution >= 0.6 is 0 Å². The maximum Gasteiger partial charge on any atom is 0.272 e. The number of likely N-dealkylation sites (tertiary alicyclic amines) is 1. The number of nitrogens with one attached hydrogen (secondary N) is 3. The number of amides is 2. The molecule has 0 bridgehead atoms. The molecule has 2 heterocycles. The van der Waals surface area contributed by atoms with Gasteiger partial charge in [0, 0.05) is 24.0 Å². The molecule has 182 valence electrons. The van der Waals surface area contributed by atoms with E-state index in [1.54, 1.807) is 14.2 Å². The summed E-state index contributed by atoms with van der Waals surface area (Å²) in [5.74, 6) is 0.0271. The van der Waals surface area contributed by atoms with Crippen molar-refractivity contribution in [3.8, 4) is 17.0 Å². The molecule has 8 nitrogen and oxygen atoms in total. The van der Waals surface area contributed by atoms with Gasteiger partial charge in [-0.2, -0.15) is 0 Å². The number of aromatic nitrogens is 1. The van der Waals surface area contributed by atoms with Crippen LogP contribution in [0.1, 0.15) is 23.3 Å². The quantitative estimate of drug-likeness (QED) is 0.451. The number of hydrogen-bond acceptors (Lipinski definition) is 6. The Morgan fingerprint density at radius 1 is 1.14 bits per heavy atom. The average molecular weight is 474 g/mol. The van der Waals surface area contributed by atoms with Gasteiger partial charge >= 0.3 is 0 Å². The first kappa shape index (κ1) is 24.2.